The predicted octanol–water partition coefficient (Wildman–Crippen LogP) is 1.59. The molecule has 2 N–H and O–H groups in total. The molecule has 0 aromatic heterocycles. The smallest absolute Gasteiger partial charge is 0.340 e. The van der Waals surface area contributed by atoms with Crippen molar-refractivity contribution in [3.63, 3.8) is 0 Å². The van der Waals surface area contributed by atoms with Crippen molar-refractivity contribution in [2.45, 2.75) is 51.3 Å². The normalized spacial score (nSPS) is 18.4. The van der Waals surface area contributed by atoms with Gasteiger partial charge in [0.2, 0.25) is 6.04 Å². The molecule has 0 saturated carbocycles. The number of esters is 1. The molecule has 25 heavy (non-hydrogen) atoms. The summed E-state index contributed by atoms with van der Waals surface area (Å²) in [6.45, 7) is 5.61. The van der Waals surface area contributed by atoms with Gasteiger partial charge >= 0.3 is 5.97 Å². The molecule has 1 fully saturated rings. The zero-order valence-electron chi connectivity index (χ0n) is 14.8. The lowest BCUT2D eigenvalue weighted by molar-refractivity contribution is -0.160. The lowest BCUT2D eigenvalue weighted by atomic mass is 10.1. The first-order valence-electron chi connectivity index (χ1n) is 8.26. The van der Waals surface area contributed by atoms with Crippen LogP contribution in [0.25, 0.3) is 0 Å². The molecule has 7 heteroatoms. The third-order valence-corrected chi connectivity index (χ3v) is 3.88. The van der Waals surface area contributed by atoms with E-state index in [1.54, 1.807) is 45.0 Å². The summed E-state index contributed by atoms with van der Waals surface area (Å²) in [5, 5.41) is 10.4. The van der Waals surface area contributed by atoms with Gasteiger partial charge in [0, 0.05) is 6.54 Å². The Bertz CT molecular complexity index is 663. The van der Waals surface area contributed by atoms with Crippen LogP contribution in [0.5, 0.6) is 0 Å². The Morgan fingerprint density at radius 1 is 1.36 bits per heavy atom. The second-order valence-corrected chi connectivity index (χ2v) is 7.00. The van der Waals surface area contributed by atoms with Crippen LogP contribution in [0.4, 0.5) is 5.69 Å². The van der Waals surface area contributed by atoms with Crippen LogP contribution in [0.15, 0.2) is 30.3 Å². The second-order valence-electron chi connectivity index (χ2n) is 7.00. The maximum atomic E-state index is 13.0. The first-order valence-corrected chi connectivity index (χ1v) is 8.26. The molecule has 7 nitrogen and oxygen atoms in total. The number of carbonyl (C=O) groups excluding carboxylic acids is 2. The first-order chi connectivity index (χ1) is 11.7. The lowest BCUT2D eigenvalue weighted by Crippen LogP contribution is -2.58. The van der Waals surface area contributed by atoms with Gasteiger partial charge in [0.1, 0.15) is 11.6 Å². The van der Waals surface area contributed by atoms with E-state index in [0.717, 1.165) is 11.4 Å². The summed E-state index contributed by atoms with van der Waals surface area (Å²) in [5.74, 6) is 4.88. The van der Waals surface area contributed by atoms with E-state index < -0.39 is 29.6 Å². The van der Waals surface area contributed by atoms with Crippen molar-refractivity contribution < 1.29 is 14.3 Å². The summed E-state index contributed by atoms with van der Waals surface area (Å²) in [4.78, 5) is 27.1. The monoisotopic (exact) mass is 344 g/mol. The summed E-state index contributed by atoms with van der Waals surface area (Å²) in [5.41, 5.74) is -0.244. The standard InChI is InChI=1S/C18H24N4O3/c1-18(2,3)25-17(24)15(22(20)13-8-5-4-6-9-13)16(23)21-11-7-10-14(21)12-19/h4-6,8-9,14-15H,7,10-11,20H2,1-3H3. The van der Waals surface area contributed by atoms with E-state index in [2.05, 4.69) is 6.07 Å². The fourth-order valence-electron chi connectivity index (χ4n) is 2.76. The third kappa shape index (κ3) is 4.48. The molecule has 0 radical (unpaired) electrons. The number of hydrazine groups is 1. The molecule has 1 aromatic rings. The number of hydrogen-bond acceptors (Lipinski definition) is 6. The van der Waals surface area contributed by atoms with Gasteiger partial charge in [-0.15, -0.1) is 0 Å². The summed E-state index contributed by atoms with van der Waals surface area (Å²) in [6.07, 6.45) is 1.32. The van der Waals surface area contributed by atoms with Crippen LogP contribution in [0.1, 0.15) is 33.6 Å². The summed E-state index contributed by atoms with van der Waals surface area (Å²) >= 11 is 0. The molecule has 1 aliphatic heterocycles. The maximum Gasteiger partial charge on any atom is 0.340 e. The van der Waals surface area contributed by atoms with Crippen molar-refractivity contribution in [2.75, 3.05) is 11.6 Å². The van der Waals surface area contributed by atoms with Gasteiger partial charge < -0.3 is 9.64 Å². The maximum absolute atomic E-state index is 13.0. The van der Waals surface area contributed by atoms with Gasteiger partial charge in [-0.3, -0.25) is 9.80 Å². The lowest BCUT2D eigenvalue weighted by Gasteiger charge is -2.32. The molecular formula is C18H24N4O3. The van der Waals surface area contributed by atoms with Gasteiger partial charge in [0.25, 0.3) is 5.91 Å². The second kappa shape index (κ2) is 7.53. The Labute approximate surface area is 147 Å². The zero-order valence-corrected chi connectivity index (χ0v) is 14.8. The predicted molar refractivity (Wildman–Crippen MR) is 93.1 cm³/mol. The number of nitrogens with zero attached hydrogens (tertiary/aromatic N) is 3. The minimum absolute atomic E-state index is 0.430. The Morgan fingerprint density at radius 3 is 2.56 bits per heavy atom. The highest BCUT2D eigenvalue weighted by Crippen LogP contribution is 2.22. The molecule has 134 valence electrons. The summed E-state index contributed by atoms with van der Waals surface area (Å²) in [7, 11) is 0. The van der Waals surface area contributed by atoms with Gasteiger partial charge in [0.15, 0.2) is 0 Å². The minimum Gasteiger partial charge on any atom is -0.458 e. The van der Waals surface area contributed by atoms with Gasteiger partial charge in [-0.05, 0) is 45.7 Å². The number of rotatable bonds is 4. The number of nitrogens with two attached hydrogens (primary N) is 1. The molecule has 2 rings (SSSR count). The fourth-order valence-corrected chi connectivity index (χ4v) is 2.76. The van der Waals surface area contributed by atoms with Gasteiger partial charge in [-0.1, -0.05) is 18.2 Å². The van der Waals surface area contributed by atoms with E-state index in [0.29, 0.717) is 18.7 Å². The molecule has 1 aliphatic rings. The average molecular weight is 344 g/mol. The van der Waals surface area contributed by atoms with E-state index in [-0.39, 0.29) is 0 Å². The Balaban J connectivity index is 2.33. The highest BCUT2D eigenvalue weighted by molar-refractivity contribution is 6.05. The molecular weight excluding hydrogens is 320 g/mol. The van der Waals surface area contributed by atoms with E-state index in [4.69, 9.17) is 10.6 Å². The highest BCUT2D eigenvalue weighted by atomic mass is 16.6. The molecule has 1 saturated heterocycles. The van der Waals surface area contributed by atoms with Crippen LogP contribution in [-0.2, 0) is 14.3 Å². The number of benzene rings is 1. The van der Waals surface area contributed by atoms with Crippen LogP contribution < -0.4 is 10.9 Å². The van der Waals surface area contributed by atoms with Crippen molar-refractivity contribution in [2.24, 2.45) is 5.84 Å². The number of carbonyl (C=O) groups is 2. The van der Waals surface area contributed by atoms with Gasteiger partial charge in [-0.2, -0.15) is 5.26 Å². The minimum atomic E-state index is -1.34. The van der Waals surface area contributed by atoms with E-state index in [1.807, 2.05) is 6.07 Å². The van der Waals surface area contributed by atoms with Crippen molar-refractivity contribution in [1.29, 1.82) is 5.26 Å². The molecule has 0 bridgehead atoms. The van der Waals surface area contributed by atoms with Crippen molar-refractivity contribution in [3.8, 4) is 6.07 Å². The van der Waals surface area contributed by atoms with Crippen molar-refractivity contribution in [1.82, 2.24) is 4.90 Å². The van der Waals surface area contributed by atoms with Crippen molar-refractivity contribution in [3.05, 3.63) is 30.3 Å². The van der Waals surface area contributed by atoms with Crippen LogP contribution in [-0.4, -0.2) is 41.0 Å². The molecule has 2 atom stereocenters. The highest BCUT2D eigenvalue weighted by Gasteiger charge is 2.41. The van der Waals surface area contributed by atoms with Crippen LogP contribution in [0.2, 0.25) is 0 Å². The Kier molecular flexibility index (Phi) is 5.65. The number of anilines is 1. The summed E-state index contributed by atoms with van der Waals surface area (Å²) < 4.78 is 5.40. The molecule has 1 aromatic carbocycles. The van der Waals surface area contributed by atoms with Crippen molar-refractivity contribution >= 4 is 17.6 Å². The number of amides is 1. The zero-order chi connectivity index (χ0) is 18.6. The average Bonchev–Trinajstić information content (AvgIpc) is 3.02. The largest absolute Gasteiger partial charge is 0.458 e. The molecule has 0 aliphatic carbocycles. The molecule has 0 spiro atoms. The third-order valence-electron chi connectivity index (χ3n) is 3.88. The molecule has 2 unspecified atom stereocenters. The first kappa shape index (κ1) is 18.7. The van der Waals surface area contributed by atoms with Crippen LogP contribution in [0, 0.1) is 11.3 Å². The fraction of sp³-hybridized carbons (Fsp3) is 0.500. The number of para-hydroxylation sites is 1. The van der Waals surface area contributed by atoms with Crippen LogP contribution >= 0.6 is 0 Å². The Hall–Kier alpha value is -2.59. The number of hydrogen-bond donors (Lipinski definition) is 1. The summed E-state index contributed by atoms with van der Waals surface area (Å²) in [6, 6.07) is 8.98. The topological polar surface area (TPSA) is 99.7 Å². The number of ether oxygens (including phenoxy) is 1. The number of likely N-dealkylation sites (tertiary alicyclic amines) is 1. The van der Waals surface area contributed by atoms with Gasteiger partial charge in [-0.25, -0.2) is 10.6 Å². The SMILES string of the molecule is CC(C)(C)OC(=O)C(C(=O)N1CCCC1C#N)N(N)c1ccccc1. The quantitative estimate of drug-likeness (QED) is 0.385. The van der Waals surface area contributed by atoms with Gasteiger partial charge in [0.05, 0.1) is 11.8 Å². The number of nitriles is 1. The molecule has 1 amide bonds. The van der Waals surface area contributed by atoms with E-state index >= 15 is 0 Å². The van der Waals surface area contributed by atoms with Crippen LogP contribution in [0.3, 0.4) is 0 Å². The van der Waals surface area contributed by atoms with E-state index in [1.165, 1.54) is 4.90 Å². The van der Waals surface area contributed by atoms with E-state index in [9.17, 15) is 14.9 Å². The molecule has 1 heterocycles. The Morgan fingerprint density at radius 2 is 2.00 bits per heavy atom.